The van der Waals surface area contributed by atoms with E-state index in [1.807, 2.05) is 0 Å². The quantitative estimate of drug-likeness (QED) is 0.690. The summed E-state index contributed by atoms with van der Waals surface area (Å²) in [6.45, 7) is 5.71. The number of alkyl halides is 1. The Morgan fingerprint density at radius 3 is 2.86 bits per heavy atom. The van der Waals surface area contributed by atoms with Crippen LogP contribution >= 0.6 is 15.9 Å². The van der Waals surface area contributed by atoms with Crippen molar-refractivity contribution < 1.29 is 4.74 Å². The molecule has 3 atom stereocenters. The summed E-state index contributed by atoms with van der Waals surface area (Å²) >= 11 is 3.71. The Hall–Kier alpha value is 0.440. The fourth-order valence-electron chi connectivity index (χ4n) is 3.13. The summed E-state index contributed by atoms with van der Waals surface area (Å²) in [6, 6.07) is 0. The van der Waals surface area contributed by atoms with Crippen LogP contribution in [-0.2, 0) is 4.74 Å². The Kier molecular flexibility index (Phi) is 3.23. The average Bonchev–Trinajstić information content (AvgIpc) is 2.60. The molecule has 1 aliphatic carbocycles. The first-order valence-electron chi connectivity index (χ1n) is 5.85. The van der Waals surface area contributed by atoms with Crippen LogP contribution in [0.25, 0.3) is 0 Å². The first-order valence-corrected chi connectivity index (χ1v) is 6.98. The van der Waals surface area contributed by atoms with Crippen molar-refractivity contribution in [1.82, 2.24) is 0 Å². The van der Waals surface area contributed by atoms with Crippen LogP contribution in [0, 0.1) is 17.3 Å². The topological polar surface area (TPSA) is 9.23 Å². The Morgan fingerprint density at radius 1 is 1.43 bits per heavy atom. The van der Waals surface area contributed by atoms with Gasteiger partial charge in [0, 0.05) is 17.4 Å². The van der Waals surface area contributed by atoms with Crippen LogP contribution < -0.4 is 0 Å². The number of ether oxygens (including phenoxy) is 1. The zero-order valence-electron chi connectivity index (χ0n) is 9.26. The van der Waals surface area contributed by atoms with Gasteiger partial charge in [0.1, 0.15) is 0 Å². The molecule has 0 N–H and O–H groups in total. The van der Waals surface area contributed by atoms with Crippen molar-refractivity contribution in [1.29, 1.82) is 0 Å². The predicted molar refractivity (Wildman–Crippen MR) is 62.8 cm³/mol. The second-order valence-corrected chi connectivity index (χ2v) is 5.95. The van der Waals surface area contributed by atoms with Gasteiger partial charge in [-0.15, -0.1) is 0 Å². The maximum Gasteiger partial charge on any atom is 0.0640 e. The van der Waals surface area contributed by atoms with Gasteiger partial charge in [-0.2, -0.15) is 0 Å². The van der Waals surface area contributed by atoms with Gasteiger partial charge in [-0.1, -0.05) is 29.8 Å². The summed E-state index contributed by atoms with van der Waals surface area (Å²) in [5.41, 5.74) is 0.479. The number of hydrogen-bond donors (Lipinski definition) is 0. The van der Waals surface area contributed by atoms with E-state index in [9.17, 15) is 0 Å². The van der Waals surface area contributed by atoms with Crippen LogP contribution in [0.15, 0.2) is 0 Å². The van der Waals surface area contributed by atoms with Gasteiger partial charge in [0.05, 0.1) is 6.10 Å². The number of halogens is 1. The molecule has 0 spiro atoms. The molecule has 0 amide bonds. The van der Waals surface area contributed by atoms with Gasteiger partial charge in [-0.3, -0.25) is 0 Å². The molecule has 0 unspecified atom stereocenters. The van der Waals surface area contributed by atoms with Gasteiger partial charge < -0.3 is 4.74 Å². The van der Waals surface area contributed by atoms with Gasteiger partial charge >= 0.3 is 0 Å². The van der Waals surface area contributed by atoms with Crippen LogP contribution in [0.2, 0.25) is 0 Å². The SMILES string of the molecule is CC(C)[C@@H]1CC[C@H]2OCC[C@]2(CBr)C1. The Balaban J connectivity index is 2.09. The first kappa shape index (κ1) is 10.9. The molecule has 1 saturated heterocycles. The second-order valence-electron chi connectivity index (χ2n) is 5.39. The van der Waals surface area contributed by atoms with E-state index >= 15 is 0 Å². The summed E-state index contributed by atoms with van der Waals surface area (Å²) in [5, 5.41) is 1.13. The maximum absolute atomic E-state index is 5.85. The molecule has 14 heavy (non-hydrogen) atoms. The smallest absolute Gasteiger partial charge is 0.0640 e. The number of fused-ring (bicyclic) bond motifs is 1. The number of rotatable bonds is 2. The van der Waals surface area contributed by atoms with E-state index in [-0.39, 0.29) is 0 Å². The first-order chi connectivity index (χ1) is 6.68. The van der Waals surface area contributed by atoms with E-state index < -0.39 is 0 Å². The molecule has 0 aromatic rings. The van der Waals surface area contributed by atoms with Crippen LogP contribution in [0.4, 0.5) is 0 Å². The highest BCUT2D eigenvalue weighted by Crippen LogP contribution is 2.50. The van der Waals surface area contributed by atoms with Crippen molar-refractivity contribution in [2.45, 2.75) is 45.6 Å². The normalized spacial score (nSPS) is 42.9. The molecule has 2 fully saturated rings. The van der Waals surface area contributed by atoms with Crippen molar-refractivity contribution in [2.24, 2.45) is 17.3 Å². The lowest BCUT2D eigenvalue weighted by Crippen LogP contribution is -2.40. The minimum Gasteiger partial charge on any atom is -0.378 e. The van der Waals surface area contributed by atoms with Gasteiger partial charge in [0.15, 0.2) is 0 Å². The molecule has 1 aliphatic heterocycles. The largest absolute Gasteiger partial charge is 0.378 e. The third kappa shape index (κ3) is 1.76. The highest BCUT2D eigenvalue weighted by atomic mass is 79.9. The van der Waals surface area contributed by atoms with Crippen molar-refractivity contribution in [3.05, 3.63) is 0 Å². The van der Waals surface area contributed by atoms with Crippen LogP contribution in [-0.4, -0.2) is 18.0 Å². The standard InChI is InChI=1S/C12H21BrO/c1-9(2)10-3-4-11-12(7-10,8-13)5-6-14-11/h9-11H,3-8H2,1-2H3/t10-,11-,12-/m1/s1. The van der Waals surface area contributed by atoms with E-state index in [0.717, 1.165) is 23.8 Å². The Bertz CT molecular complexity index is 204. The molecule has 1 saturated carbocycles. The zero-order valence-corrected chi connectivity index (χ0v) is 10.8. The highest BCUT2D eigenvalue weighted by Gasteiger charge is 2.47. The van der Waals surface area contributed by atoms with E-state index in [1.54, 1.807) is 0 Å². The van der Waals surface area contributed by atoms with E-state index in [0.29, 0.717) is 11.5 Å². The molecule has 0 radical (unpaired) electrons. The van der Waals surface area contributed by atoms with Crippen LogP contribution in [0.1, 0.15) is 39.5 Å². The van der Waals surface area contributed by atoms with Crippen molar-refractivity contribution >= 4 is 15.9 Å². The third-order valence-electron chi connectivity index (χ3n) is 4.28. The summed E-state index contributed by atoms with van der Waals surface area (Å²) in [6.07, 6.45) is 5.86. The summed E-state index contributed by atoms with van der Waals surface area (Å²) in [4.78, 5) is 0. The molecule has 2 aliphatic rings. The van der Waals surface area contributed by atoms with E-state index in [2.05, 4.69) is 29.8 Å². The monoisotopic (exact) mass is 260 g/mol. The molecule has 2 rings (SSSR count). The molecule has 1 heterocycles. The maximum atomic E-state index is 5.85. The molecule has 82 valence electrons. The van der Waals surface area contributed by atoms with Crippen molar-refractivity contribution in [2.75, 3.05) is 11.9 Å². The second kappa shape index (κ2) is 4.13. The van der Waals surface area contributed by atoms with Crippen LogP contribution in [0.5, 0.6) is 0 Å². The lowest BCUT2D eigenvalue weighted by Gasteiger charge is -2.42. The Labute approximate surface area is 95.7 Å². The lowest BCUT2D eigenvalue weighted by atomic mass is 9.66. The third-order valence-corrected chi connectivity index (χ3v) is 5.40. The summed E-state index contributed by atoms with van der Waals surface area (Å²) in [7, 11) is 0. The van der Waals surface area contributed by atoms with Gasteiger partial charge in [0.2, 0.25) is 0 Å². The average molecular weight is 261 g/mol. The zero-order chi connectivity index (χ0) is 10.2. The molecule has 0 bridgehead atoms. The minimum atomic E-state index is 0.479. The fraction of sp³-hybridized carbons (Fsp3) is 1.00. The molecule has 0 aromatic heterocycles. The van der Waals surface area contributed by atoms with Gasteiger partial charge in [-0.05, 0) is 37.5 Å². The molecular weight excluding hydrogens is 240 g/mol. The fourth-order valence-corrected chi connectivity index (χ4v) is 4.00. The molecule has 2 heteroatoms. The van der Waals surface area contributed by atoms with E-state index in [1.165, 1.54) is 25.7 Å². The van der Waals surface area contributed by atoms with Crippen LogP contribution in [0.3, 0.4) is 0 Å². The lowest BCUT2D eigenvalue weighted by molar-refractivity contribution is 0.00265. The summed E-state index contributed by atoms with van der Waals surface area (Å²) in [5.74, 6) is 1.76. The van der Waals surface area contributed by atoms with Crippen molar-refractivity contribution in [3.8, 4) is 0 Å². The highest BCUT2D eigenvalue weighted by molar-refractivity contribution is 9.09. The molecular formula is C12H21BrO. The number of hydrogen-bond acceptors (Lipinski definition) is 1. The summed E-state index contributed by atoms with van der Waals surface area (Å²) < 4.78 is 5.85. The minimum absolute atomic E-state index is 0.479. The van der Waals surface area contributed by atoms with E-state index in [4.69, 9.17) is 4.74 Å². The predicted octanol–water partition coefficient (Wildman–Crippen LogP) is 3.61. The molecule has 0 aromatic carbocycles. The van der Waals surface area contributed by atoms with Gasteiger partial charge in [0.25, 0.3) is 0 Å². The van der Waals surface area contributed by atoms with Gasteiger partial charge in [-0.25, -0.2) is 0 Å². The molecule has 1 nitrogen and oxygen atoms in total. The Morgan fingerprint density at radius 2 is 2.21 bits per heavy atom. The van der Waals surface area contributed by atoms with Crippen molar-refractivity contribution in [3.63, 3.8) is 0 Å².